The van der Waals surface area contributed by atoms with Crippen LogP contribution in [0, 0.1) is 0 Å². The van der Waals surface area contributed by atoms with Gasteiger partial charge in [0.05, 0.1) is 29.1 Å². The molecular formula is C29H25N5O14S4. The molecule has 0 aliphatic carbocycles. The molecule has 0 spiro atoms. The summed E-state index contributed by atoms with van der Waals surface area (Å²) in [6, 6.07) is 14.8. The Balaban J connectivity index is 1.48. The third-order valence-corrected chi connectivity index (χ3v) is 10.5. The lowest BCUT2D eigenvalue weighted by Crippen LogP contribution is -2.14. The van der Waals surface area contributed by atoms with Gasteiger partial charge < -0.3 is 15.2 Å². The molecule has 274 valence electrons. The smallest absolute Gasteiger partial charge is 0.296 e. The van der Waals surface area contributed by atoms with Crippen molar-refractivity contribution in [2.75, 3.05) is 24.7 Å². The number of phenols is 1. The third kappa shape index (κ3) is 8.83. The van der Waals surface area contributed by atoms with Gasteiger partial charge in [0.2, 0.25) is 0 Å². The van der Waals surface area contributed by atoms with Crippen molar-refractivity contribution in [3.8, 4) is 11.5 Å². The number of nitrogens with zero attached hydrogens (tertiary/aromatic N) is 4. The van der Waals surface area contributed by atoms with E-state index in [2.05, 4.69) is 25.8 Å². The Morgan fingerprint density at radius 3 is 1.87 bits per heavy atom. The molecule has 52 heavy (non-hydrogen) atoms. The van der Waals surface area contributed by atoms with Crippen molar-refractivity contribution < 1.29 is 61.7 Å². The van der Waals surface area contributed by atoms with Crippen molar-refractivity contribution in [3.05, 3.63) is 72.8 Å². The van der Waals surface area contributed by atoms with Crippen molar-refractivity contribution in [1.29, 1.82) is 0 Å². The Hall–Kier alpha value is -5.14. The van der Waals surface area contributed by atoms with E-state index in [1.807, 2.05) is 0 Å². The van der Waals surface area contributed by atoms with Gasteiger partial charge in [0.25, 0.3) is 40.5 Å². The first-order valence-corrected chi connectivity index (χ1v) is 20.1. The molecule has 5 rings (SSSR count). The molecule has 0 bridgehead atoms. The zero-order chi connectivity index (χ0) is 38.2. The standard InChI is InChI=1S/C29H25N5O14S4/c1-48-25-14-20(32-31-19-5-3-16-10-21(50(39,40)41)15-26(22(16)13-19)51(42,43)44)6-7-24(25)33-34-28-27(52(45,46)47)11-17-2-4-18(12-23(17)29(28)35)30-8-9-49(36,37)38/h2-7,10-15,30,35H,8-9H2,1H3,(H,36,37,38)(H,39,40,41)(H,42,43,44)(H,45,46,47). The monoisotopic (exact) mass is 795 g/mol. The molecule has 0 aliphatic rings. The number of rotatable bonds is 12. The van der Waals surface area contributed by atoms with E-state index in [9.17, 15) is 52.4 Å². The van der Waals surface area contributed by atoms with Crippen LogP contribution in [-0.2, 0) is 40.5 Å². The number of phenolic OH excluding ortho intramolecular Hbond substituents is 1. The summed E-state index contributed by atoms with van der Waals surface area (Å²) in [5.41, 5.74) is -0.106. The van der Waals surface area contributed by atoms with Crippen LogP contribution in [0.5, 0.6) is 11.5 Å². The summed E-state index contributed by atoms with van der Waals surface area (Å²) in [4.78, 5) is -2.33. The average Bonchev–Trinajstić information content (AvgIpc) is 3.04. The first kappa shape index (κ1) is 38.1. The molecule has 0 radical (unpaired) electrons. The number of benzene rings is 5. The Morgan fingerprint density at radius 2 is 1.25 bits per heavy atom. The van der Waals surface area contributed by atoms with E-state index in [0.29, 0.717) is 11.8 Å². The number of hydrogen-bond donors (Lipinski definition) is 6. The van der Waals surface area contributed by atoms with E-state index < -0.39 is 72.3 Å². The quantitative estimate of drug-likeness (QED) is 0.0663. The molecule has 23 heteroatoms. The van der Waals surface area contributed by atoms with Crippen molar-refractivity contribution in [1.82, 2.24) is 0 Å². The Morgan fingerprint density at radius 1 is 0.635 bits per heavy atom. The molecule has 0 amide bonds. The summed E-state index contributed by atoms with van der Waals surface area (Å²) in [7, 11) is -17.7. The SMILES string of the molecule is COc1cc(N=Nc2ccc3cc(S(=O)(=O)O)cc(S(=O)(=O)O)c3c2)ccc1N=Nc1c(S(=O)(=O)O)cc2ccc(NCCS(=O)(=O)O)cc2c1O. The third-order valence-electron chi connectivity index (χ3n) is 7.17. The highest BCUT2D eigenvalue weighted by molar-refractivity contribution is 7.87. The fourth-order valence-electron chi connectivity index (χ4n) is 4.81. The molecule has 0 heterocycles. The van der Waals surface area contributed by atoms with Gasteiger partial charge >= 0.3 is 0 Å². The van der Waals surface area contributed by atoms with Crippen molar-refractivity contribution in [2.24, 2.45) is 20.5 Å². The molecule has 0 unspecified atom stereocenters. The normalized spacial score (nSPS) is 13.0. The van der Waals surface area contributed by atoms with Crippen LogP contribution < -0.4 is 10.1 Å². The van der Waals surface area contributed by atoms with E-state index in [0.717, 1.165) is 12.1 Å². The van der Waals surface area contributed by atoms with Gasteiger partial charge in [-0.05, 0) is 65.4 Å². The van der Waals surface area contributed by atoms with Gasteiger partial charge in [-0.2, -0.15) is 43.9 Å². The first-order valence-electron chi connectivity index (χ1n) is 14.1. The van der Waals surface area contributed by atoms with Crippen LogP contribution in [0.25, 0.3) is 21.5 Å². The van der Waals surface area contributed by atoms with E-state index in [4.69, 9.17) is 9.29 Å². The van der Waals surface area contributed by atoms with Crippen molar-refractivity contribution >= 4 is 90.5 Å². The maximum Gasteiger partial charge on any atom is 0.296 e. The lowest BCUT2D eigenvalue weighted by atomic mass is 10.1. The van der Waals surface area contributed by atoms with Gasteiger partial charge in [-0.15, -0.1) is 10.2 Å². The van der Waals surface area contributed by atoms with E-state index >= 15 is 0 Å². The molecule has 6 N–H and O–H groups in total. The second-order valence-electron chi connectivity index (χ2n) is 10.7. The lowest BCUT2D eigenvalue weighted by Gasteiger charge is -2.11. The fraction of sp³-hybridized carbons (Fsp3) is 0.103. The molecular weight excluding hydrogens is 771 g/mol. The summed E-state index contributed by atoms with van der Waals surface area (Å²) in [5.74, 6) is -1.27. The van der Waals surface area contributed by atoms with Gasteiger partial charge in [0.15, 0.2) is 5.75 Å². The molecule has 19 nitrogen and oxygen atoms in total. The van der Waals surface area contributed by atoms with Gasteiger partial charge in [-0.3, -0.25) is 18.2 Å². The summed E-state index contributed by atoms with van der Waals surface area (Å²) < 4.78 is 137. The minimum atomic E-state index is -4.95. The minimum absolute atomic E-state index is 0.000930. The van der Waals surface area contributed by atoms with Crippen LogP contribution in [0.2, 0.25) is 0 Å². The number of ether oxygens (including phenoxy) is 1. The van der Waals surface area contributed by atoms with E-state index in [1.165, 1.54) is 61.7 Å². The Kier molecular flexibility index (Phi) is 10.3. The van der Waals surface area contributed by atoms with Crippen LogP contribution in [0.4, 0.5) is 28.4 Å². The molecule has 0 atom stereocenters. The number of anilines is 1. The average molecular weight is 796 g/mol. The largest absolute Gasteiger partial charge is 0.505 e. The van der Waals surface area contributed by atoms with Crippen LogP contribution in [0.15, 0.2) is 108 Å². The predicted molar refractivity (Wildman–Crippen MR) is 185 cm³/mol. The minimum Gasteiger partial charge on any atom is -0.505 e. The van der Waals surface area contributed by atoms with Gasteiger partial charge in [0, 0.05) is 29.1 Å². The number of fused-ring (bicyclic) bond motifs is 2. The first-order chi connectivity index (χ1) is 24.1. The second-order valence-corrected chi connectivity index (χ2v) is 16.5. The maximum atomic E-state index is 12.2. The van der Waals surface area contributed by atoms with Crippen LogP contribution in [0.3, 0.4) is 0 Å². The van der Waals surface area contributed by atoms with E-state index in [-0.39, 0.29) is 50.9 Å². The molecule has 0 saturated carbocycles. The summed E-state index contributed by atoms with van der Waals surface area (Å²) in [6.45, 7) is -0.187. The molecule has 0 aromatic heterocycles. The number of nitrogens with one attached hydrogen (secondary N) is 1. The number of aromatic hydroxyl groups is 1. The summed E-state index contributed by atoms with van der Waals surface area (Å²) in [6.07, 6.45) is 0. The molecule has 5 aromatic carbocycles. The van der Waals surface area contributed by atoms with Gasteiger partial charge in [-0.1, -0.05) is 12.1 Å². The fourth-order valence-corrected chi connectivity index (χ4v) is 7.17. The van der Waals surface area contributed by atoms with Crippen molar-refractivity contribution in [3.63, 3.8) is 0 Å². The Bertz CT molecular complexity index is 2770. The zero-order valence-electron chi connectivity index (χ0n) is 26.2. The van der Waals surface area contributed by atoms with Gasteiger partial charge in [-0.25, -0.2) is 0 Å². The number of methoxy groups -OCH3 is 1. The lowest BCUT2D eigenvalue weighted by molar-refractivity contribution is 0.416. The highest BCUT2D eigenvalue weighted by Gasteiger charge is 2.23. The molecule has 0 fully saturated rings. The number of azo groups is 2. The van der Waals surface area contributed by atoms with Crippen molar-refractivity contribution in [2.45, 2.75) is 14.7 Å². The van der Waals surface area contributed by atoms with Crippen LogP contribution >= 0.6 is 0 Å². The number of hydrogen-bond acceptors (Lipinski definition) is 15. The molecule has 0 saturated heterocycles. The highest BCUT2D eigenvalue weighted by atomic mass is 32.2. The molecule has 0 aliphatic heterocycles. The Labute approximate surface area is 295 Å². The summed E-state index contributed by atoms with van der Waals surface area (Å²) >= 11 is 0. The van der Waals surface area contributed by atoms with Crippen LogP contribution in [-0.4, -0.2) is 76.4 Å². The maximum absolute atomic E-state index is 12.2. The summed E-state index contributed by atoms with van der Waals surface area (Å²) in [5, 5.41) is 29.9. The molecule has 5 aromatic rings. The highest BCUT2D eigenvalue weighted by Crippen LogP contribution is 2.43. The van der Waals surface area contributed by atoms with Gasteiger partial charge in [0.1, 0.15) is 26.9 Å². The van der Waals surface area contributed by atoms with Crippen LogP contribution in [0.1, 0.15) is 0 Å². The second kappa shape index (κ2) is 14.1. The predicted octanol–water partition coefficient (Wildman–Crippen LogP) is 5.58. The topological polar surface area (TPSA) is 308 Å². The zero-order valence-corrected chi connectivity index (χ0v) is 29.4. The van der Waals surface area contributed by atoms with E-state index in [1.54, 1.807) is 0 Å².